The summed E-state index contributed by atoms with van der Waals surface area (Å²) in [6, 6.07) is 11.4. The highest BCUT2D eigenvalue weighted by molar-refractivity contribution is 7.08. The molecule has 1 amide bonds. The number of rotatable bonds is 4. The number of nitrogens with one attached hydrogen (secondary N) is 1. The van der Waals surface area contributed by atoms with Gasteiger partial charge in [0.2, 0.25) is 0 Å². The molecule has 0 atom stereocenters. The van der Waals surface area contributed by atoms with Crippen LogP contribution in [0.1, 0.15) is 22.0 Å². The van der Waals surface area contributed by atoms with Crippen LogP contribution in [0.5, 0.6) is 0 Å². The predicted octanol–water partition coefficient (Wildman–Crippen LogP) is 2.74. The summed E-state index contributed by atoms with van der Waals surface area (Å²) in [6.07, 6.45) is 1.82. The first-order valence-corrected chi connectivity index (χ1v) is 9.61. The van der Waals surface area contributed by atoms with Crippen LogP contribution >= 0.6 is 11.3 Å². The minimum Gasteiger partial charge on any atom is -0.343 e. The Morgan fingerprint density at radius 3 is 2.93 bits per heavy atom. The SMILES string of the molecule is Cc1nc2ccccn2c1C(=O)NCc1nnc2ccc(-c3ccsc3)nn12. The third kappa shape index (κ3) is 2.72. The number of aromatic nitrogens is 6. The van der Waals surface area contributed by atoms with Crippen LogP contribution in [0, 0.1) is 6.92 Å². The van der Waals surface area contributed by atoms with Crippen LogP contribution < -0.4 is 5.32 Å². The summed E-state index contributed by atoms with van der Waals surface area (Å²) < 4.78 is 3.44. The van der Waals surface area contributed by atoms with Gasteiger partial charge < -0.3 is 5.32 Å². The molecule has 5 aromatic rings. The van der Waals surface area contributed by atoms with E-state index in [4.69, 9.17) is 0 Å². The Bertz CT molecular complexity index is 1300. The fourth-order valence-electron chi connectivity index (χ4n) is 3.14. The summed E-state index contributed by atoms with van der Waals surface area (Å²) in [5.41, 5.74) is 4.43. The number of nitrogens with zero attached hydrogens (tertiary/aromatic N) is 6. The highest BCUT2D eigenvalue weighted by Gasteiger charge is 2.17. The van der Waals surface area contributed by atoms with E-state index in [0.717, 1.165) is 16.9 Å². The summed E-state index contributed by atoms with van der Waals surface area (Å²) in [5.74, 6) is 0.342. The minimum atomic E-state index is -0.220. The standard InChI is InChI=1S/C19H15N7OS/c1-12-18(25-8-3-2-4-15(25)21-12)19(27)20-10-17-23-22-16-6-5-14(24-26(16)17)13-7-9-28-11-13/h2-9,11H,10H2,1H3,(H,20,27). The molecule has 0 unspecified atom stereocenters. The lowest BCUT2D eigenvalue weighted by atomic mass is 10.2. The molecule has 0 saturated heterocycles. The van der Waals surface area contributed by atoms with Crippen molar-refractivity contribution in [2.24, 2.45) is 0 Å². The Hall–Kier alpha value is -3.59. The van der Waals surface area contributed by atoms with E-state index >= 15 is 0 Å². The number of carbonyl (C=O) groups is 1. The first-order chi connectivity index (χ1) is 13.7. The van der Waals surface area contributed by atoms with Crippen molar-refractivity contribution in [3.05, 3.63) is 70.6 Å². The second-order valence-electron chi connectivity index (χ2n) is 6.27. The van der Waals surface area contributed by atoms with Crippen LogP contribution in [0.2, 0.25) is 0 Å². The molecule has 138 valence electrons. The van der Waals surface area contributed by atoms with Crippen LogP contribution in [0.3, 0.4) is 0 Å². The number of aryl methyl sites for hydroxylation is 1. The molecule has 5 rings (SSSR count). The van der Waals surface area contributed by atoms with E-state index in [2.05, 4.69) is 25.6 Å². The topological polar surface area (TPSA) is 89.5 Å². The van der Waals surface area contributed by atoms with Gasteiger partial charge in [-0.05, 0) is 42.6 Å². The van der Waals surface area contributed by atoms with E-state index < -0.39 is 0 Å². The van der Waals surface area contributed by atoms with Crippen molar-refractivity contribution in [1.82, 2.24) is 34.5 Å². The van der Waals surface area contributed by atoms with Gasteiger partial charge in [-0.1, -0.05) is 6.07 Å². The second-order valence-corrected chi connectivity index (χ2v) is 7.05. The number of imidazole rings is 1. The van der Waals surface area contributed by atoms with Crippen LogP contribution in [0.4, 0.5) is 0 Å². The molecule has 0 aliphatic carbocycles. The number of carbonyl (C=O) groups excluding carboxylic acids is 1. The lowest BCUT2D eigenvalue weighted by molar-refractivity contribution is 0.0943. The first kappa shape index (κ1) is 16.6. The van der Waals surface area contributed by atoms with Crippen LogP contribution in [0.15, 0.2) is 53.4 Å². The third-order valence-electron chi connectivity index (χ3n) is 4.47. The van der Waals surface area contributed by atoms with Crippen molar-refractivity contribution in [2.75, 3.05) is 0 Å². The molecule has 28 heavy (non-hydrogen) atoms. The molecule has 0 bridgehead atoms. The quantitative estimate of drug-likeness (QED) is 0.510. The zero-order valence-corrected chi connectivity index (χ0v) is 15.7. The zero-order valence-electron chi connectivity index (χ0n) is 14.9. The van der Waals surface area contributed by atoms with Gasteiger partial charge >= 0.3 is 0 Å². The van der Waals surface area contributed by atoms with Crippen LogP contribution in [0.25, 0.3) is 22.6 Å². The summed E-state index contributed by atoms with van der Waals surface area (Å²) >= 11 is 1.62. The molecule has 5 aromatic heterocycles. The van der Waals surface area contributed by atoms with Gasteiger partial charge in [-0.15, -0.1) is 10.2 Å². The molecule has 8 nitrogen and oxygen atoms in total. The Labute approximate surface area is 163 Å². The molecule has 0 aliphatic rings. The average molecular weight is 389 g/mol. The smallest absolute Gasteiger partial charge is 0.270 e. The number of hydrogen-bond acceptors (Lipinski definition) is 6. The maximum atomic E-state index is 12.8. The Balaban J connectivity index is 1.43. The molecule has 0 aromatic carbocycles. The van der Waals surface area contributed by atoms with E-state index in [9.17, 15) is 4.79 Å². The van der Waals surface area contributed by atoms with E-state index in [1.807, 2.05) is 60.3 Å². The third-order valence-corrected chi connectivity index (χ3v) is 5.15. The van der Waals surface area contributed by atoms with Crippen LogP contribution in [-0.4, -0.2) is 35.1 Å². The maximum absolute atomic E-state index is 12.8. The zero-order chi connectivity index (χ0) is 19.1. The van der Waals surface area contributed by atoms with Crippen molar-refractivity contribution >= 4 is 28.5 Å². The van der Waals surface area contributed by atoms with Crippen molar-refractivity contribution < 1.29 is 4.79 Å². The number of fused-ring (bicyclic) bond motifs is 2. The van der Waals surface area contributed by atoms with Gasteiger partial charge in [0.25, 0.3) is 5.91 Å². The van der Waals surface area contributed by atoms with Gasteiger partial charge in [-0.2, -0.15) is 21.0 Å². The molecule has 5 heterocycles. The molecular weight excluding hydrogens is 374 g/mol. The number of hydrogen-bond donors (Lipinski definition) is 1. The van der Waals surface area contributed by atoms with Gasteiger partial charge in [0.05, 0.1) is 17.9 Å². The molecule has 0 radical (unpaired) electrons. The average Bonchev–Trinajstić information content (AvgIpc) is 3.43. The van der Waals surface area contributed by atoms with Gasteiger partial charge in [0.15, 0.2) is 11.5 Å². The molecule has 0 aliphatic heterocycles. The monoisotopic (exact) mass is 389 g/mol. The highest BCUT2D eigenvalue weighted by Crippen LogP contribution is 2.20. The van der Waals surface area contributed by atoms with Gasteiger partial charge in [0, 0.05) is 17.1 Å². The molecular formula is C19H15N7OS. The number of thiophene rings is 1. The van der Waals surface area contributed by atoms with Crippen molar-refractivity contribution in [3.63, 3.8) is 0 Å². The summed E-state index contributed by atoms with van der Waals surface area (Å²) in [7, 11) is 0. The normalized spacial score (nSPS) is 11.3. The number of pyridine rings is 1. The van der Waals surface area contributed by atoms with Gasteiger partial charge in [-0.25, -0.2) is 4.98 Å². The summed E-state index contributed by atoms with van der Waals surface area (Å²) in [4.78, 5) is 17.2. The lowest BCUT2D eigenvalue weighted by Crippen LogP contribution is -2.26. The second kappa shape index (κ2) is 6.54. The van der Waals surface area contributed by atoms with E-state index in [-0.39, 0.29) is 12.5 Å². The van der Waals surface area contributed by atoms with Gasteiger partial charge in [0.1, 0.15) is 11.3 Å². The molecule has 0 fully saturated rings. The van der Waals surface area contributed by atoms with Crippen LogP contribution in [-0.2, 0) is 6.54 Å². The Morgan fingerprint density at radius 2 is 2.07 bits per heavy atom. The van der Waals surface area contributed by atoms with E-state index in [0.29, 0.717) is 22.9 Å². The first-order valence-electron chi connectivity index (χ1n) is 8.66. The largest absolute Gasteiger partial charge is 0.343 e. The fourth-order valence-corrected chi connectivity index (χ4v) is 3.79. The summed E-state index contributed by atoms with van der Waals surface area (Å²) in [5, 5.41) is 19.9. The van der Waals surface area contributed by atoms with Gasteiger partial charge in [-0.3, -0.25) is 9.20 Å². The molecule has 1 N–H and O–H groups in total. The predicted molar refractivity (Wildman–Crippen MR) is 105 cm³/mol. The number of amides is 1. The van der Waals surface area contributed by atoms with E-state index in [1.54, 1.807) is 20.3 Å². The van der Waals surface area contributed by atoms with E-state index in [1.165, 1.54) is 0 Å². The Kier molecular flexibility index (Phi) is 3.87. The minimum absolute atomic E-state index is 0.208. The highest BCUT2D eigenvalue weighted by atomic mass is 32.1. The van der Waals surface area contributed by atoms with Crippen molar-refractivity contribution in [1.29, 1.82) is 0 Å². The Morgan fingerprint density at radius 1 is 1.14 bits per heavy atom. The fraction of sp³-hybridized carbons (Fsp3) is 0.105. The molecule has 9 heteroatoms. The van der Waals surface area contributed by atoms with Crippen molar-refractivity contribution in [3.8, 4) is 11.3 Å². The molecule has 0 saturated carbocycles. The summed E-state index contributed by atoms with van der Waals surface area (Å²) in [6.45, 7) is 2.03. The maximum Gasteiger partial charge on any atom is 0.270 e. The van der Waals surface area contributed by atoms with Crippen molar-refractivity contribution in [2.45, 2.75) is 13.5 Å². The molecule has 0 spiro atoms. The lowest BCUT2D eigenvalue weighted by Gasteiger charge is -2.05.